The van der Waals surface area contributed by atoms with Gasteiger partial charge in [0.25, 0.3) is 0 Å². The maximum atomic E-state index is 11.7. The summed E-state index contributed by atoms with van der Waals surface area (Å²) < 4.78 is 5.47. The van der Waals surface area contributed by atoms with Gasteiger partial charge in [0.05, 0.1) is 5.25 Å². The van der Waals surface area contributed by atoms with Gasteiger partial charge < -0.3 is 4.74 Å². The topological polar surface area (TPSA) is 43.4 Å². The standard InChI is InChI=1S/C12H14O3S/c1-5(2)11(13)15-9-6-3-7-8(4-6)12(14)16-10(7)9/h6-10H,1,3-4H2,2H3. The molecule has 5 atom stereocenters. The number of rotatable bonds is 2. The summed E-state index contributed by atoms with van der Waals surface area (Å²) >= 11 is 1.40. The van der Waals surface area contributed by atoms with Crippen LogP contribution in [0, 0.1) is 17.8 Å². The molecule has 86 valence electrons. The molecule has 0 aromatic carbocycles. The van der Waals surface area contributed by atoms with Crippen LogP contribution in [0.2, 0.25) is 0 Å². The third-order valence-electron chi connectivity index (χ3n) is 4.01. The summed E-state index contributed by atoms with van der Waals surface area (Å²) in [7, 11) is 0. The van der Waals surface area contributed by atoms with E-state index < -0.39 is 0 Å². The summed E-state index contributed by atoms with van der Waals surface area (Å²) in [5.74, 6) is 0.807. The molecule has 1 saturated heterocycles. The number of carbonyl (C=O) groups is 2. The molecule has 0 aromatic heterocycles. The number of esters is 1. The maximum Gasteiger partial charge on any atom is 0.333 e. The van der Waals surface area contributed by atoms with Crippen molar-refractivity contribution in [2.24, 2.45) is 17.8 Å². The lowest BCUT2D eigenvalue weighted by Gasteiger charge is -2.26. The van der Waals surface area contributed by atoms with Crippen LogP contribution in [0.15, 0.2) is 12.2 Å². The predicted molar refractivity (Wildman–Crippen MR) is 60.8 cm³/mol. The average molecular weight is 238 g/mol. The number of hydrogen-bond acceptors (Lipinski definition) is 4. The van der Waals surface area contributed by atoms with Gasteiger partial charge in [0.15, 0.2) is 5.12 Å². The highest BCUT2D eigenvalue weighted by Crippen LogP contribution is 2.60. The zero-order valence-electron chi connectivity index (χ0n) is 9.14. The Hall–Kier alpha value is -0.770. The second-order valence-electron chi connectivity index (χ2n) is 5.05. The highest BCUT2D eigenvalue weighted by molar-refractivity contribution is 8.14. The van der Waals surface area contributed by atoms with Crippen molar-refractivity contribution in [1.82, 2.24) is 0 Å². The van der Waals surface area contributed by atoms with Crippen molar-refractivity contribution in [3.63, 3.8) is 0 Å². The minimum Gasteiger partial charge on any atom is -0.458 e. The Balaban J connectivity index is 1.77. The lowest BCUT2D eigenvalue weighted by Crippen LogP contribution is -2.34. The summed E-state index contributed by atoms with van der Waals surface area (Å²) in [5.41, 5.74) is 0.439. The van der Waals surface area contributed by atoms with E-state index in [1.807, 2.05) is 0 Å². The molecule has 0 aromatic rings. The zero-order valence-corrected chi connectivity index (χ0v) is 9.96. The van der Waals surface area contributed by atoms with E-state index in [2.05, 4.69) is 6.58 Å². The molecule has 1 heterocycles. The third kappa shape index (κ3) is 1.29. The molecule has 3 nitrogen and oxygen atoms in total. The summed E-state index contributed by atoms with van der Waals surface area (Å²) in [6.45, 7) is 5.25. The first-order valence-corrected chi connectivity index (χ1v) is 6.53. The molecule has 16 heavy (non-hydrogen) atoms. The van der Waals surface area contributed by atoms with Crippen molar-refractivity contribution in [2.45, 2.75) is 31.1 Å². The number of ether oxygens (including phenoxy) is 1. The van der Waals surface area contributed by atoms with Gasteiger partial charge in [-0.1, -0.05) is 18.3 Å². The van der Waals surface area contributed by atoms with Gasteiger partial charge in [-0.05, 0) is 31.6 Å². The fourth-order valence-electron chi connectivity index (χ4n) is 3.29. The SMILES string of the molecule is C=C(C)C(=O)OC1C2CC3C(=O)SC1C3C2. The summed E-state index contributed by atoms with van der Waals surface area (Å²) in [5, 5.41) is 0.533. The van der Waals surface area contributed by atoms with Crippen molar-refractivity contribution in [3.8, 4) is 0 Å². The van der Waals surface area contributed by atoms with Crippen LogP contribution < -0.4 is 0 Å². The molecular formula is C12H14O3S. The molecule has 0 N–H and O–H groups in total. The number of thioether (sulfide) groups is 1. The first kappa shape index (κ1) is 10.4. The second kappa shape index (κ2) is 3.36. The van der Waals surface area contributed by atoms with E-state index in [1.165, 1.54) is 11.8 Å². The largest absolute Gasteiger partial charge is 0.458 e. The molecule has 0 radical (unpaired) electrons. The van der Waals surface area contributed by atoms with Gasteiger partial charge in [-0.2, -0.15) is 0 Å². The van der Waals surface area contributed by atoms with Gasteiger partial charge in [0, 0.05) is 11.5 Å². The lowest BCUT2D eigenvalue weighted by atomic mass is 9.88. The average Bonchev–Trinajstić information content (AvgIpc) is 2.81. The maximum absolute atomic E-state index is 11.7. The molecule has 3 aliphatic rings. The third-order valence-corrected chi connectivity index (χ3v) is 5.43. The van der Waals surface area contributed by atoms with E-state index in [0.29, 0.717) is 22.5 Å². The van der Waals surface area contributed by atoms with Crippen LogP contribution in [0.25, 0.3) is 0 Å². The van der Waals surface area contributed by atoms with Gasteiger partial charge in [0.2, 0.25) is 0 Å². The van der Waals surface area contributed by atoms with Crippen LogP contribution in [0.5, 0.6) is 0 Å². The Bertz CT molecular complexity index is 390. The predicted octanol–water partition coefficient (Wildman–Crippen LogP) is 1.77. The smallest absolute Gasteiger partial charge is 0.333 e. The van der Waals surface area contributed by atoms with Crippen LogP contribution in [0.3, 0.4) is 0 Å². The number of fused-ring (bicyclic) bond motifs is 1. The van der Waals surface area contributed by atoms with E-state index in [9.17, 15) is 9.59 Å². The highest BCUT2D eigenvalue weighted by atomic mass is 32.2. The minimum atomic E-state index is -0.311. The quantitative estimate of drug-likeness (QED) is 0.543. The molecule has 0 spiro atoms. The normalized spacial score (nSPS) is 43.8. The molecule has 2 saturated carbocycles. The van der Waals surface area contributed by atoms with Crippen molar-refractivity contribution < 1.29 is 14.3 Å². The summed E-state index contributed by atoms with van der Waals surface area (Å²) in [6, 6.07) is 0. The molecule has 3 fully saturated rings. The molecule has 1 aliphatic heterocycles. The Morgan fingerprint density at radius 1 is 1.50 bits per heavy atom. The molecule has 5 unspecified atom stereocenters. The lowest BCUT2D eigenvalue weighted by molar-refractivity contribution is -0.146. The van der Waals surface area contributed by atoms with Crippen LogP contribution in [0.1, 0.15) is 19.8 Å². The van der Waals surface area contributed by atoms with E-state index in [4.69, 9.17) is 4.74 Å². The molecule has 0 amide bonds. The zero-order chi connectivity index (χ0) is 11.4. The van der Waals surface area contributed by atoms with Crippen LogP contribution in [0.4, 0.5) is 0 Å². The van der Waals surface area contributed by atoms with Gasteiger partial charge in [-0.15, -0.1) is 0 Å². The highest BCUT2D eigenvalue weighted by Gasteiger charge is 2.61. The Kier molecular flexibility index (Phi) is 2.18. The Labute approximate surface area is 98.6 Å². The molecule has 4 heteroatoms. The molecule has 2 bridgehead atoms. The summed E-state index contributed by atoms with van der Waals surface area (Å²) in [6.07, 6.45) is 1.92. The van der Waals surface area contributed by atoms with Crippen molar-refractivity contribution in [1.29, 1.82) is 0 Å². The molecule has 2 aliphatic carbocycles. The van der Waals surface area contributed by atoms with E-state index in [-0.39, 0.29) is 23.2 Å². The van der Waals surface area contributed by atoms with Gasteiger partial charge in [-0.3, -0.25) is 4.79 Å². The van der Waals surface area contributed by atoms with E-state index >= 15 is 0 Å². The molecule has 3 rings (SSSR count). The minimum absolute atomic E-state index is 0.0538. The monoisotopic (exact) mass is 238 g/mol. The number of hydrogen-bond donors (Lipinski definition) is 0. The van der Waals surface area contributed by atoms with Crippen LogP contribution >= 0.6 is 11.8 Å². The van der Waals surface area contributed by atoms with Gasteiger partial charge >= 0.3 is 5.97 Å². The van der Waals surface area contributed by atoms with Crippen molar-refractivity contribution >= 4 is 22.8 Å². The second-order valence-corrected chi connectivity index (χ2v) is 6.24. The van der Waals surface area contributed by atoms with Gasteiger partial charge in [-0.25, -0.2) is 4.79 Å². The molecular weight excluding hydrogens is 224 g/mol. The van der Waals surface area contributed by atoms with Crippen molar-refractivity contribution in [3.05, 3.63) is 12.2 Å². The Morgan fingerprint density at radius 2 is 2.25 bits per heavy atom. The number of carbonyl (C=O) groups excluding carboxylic acids is 2. The fourth-order valence-corrected chi connectivity index (χ4v) is 4.89. The first-order valence-electron chi connectivity index (χ1n) is 5.65. The van der Waals surface area contributed by atoms with Gasteiger partial charge in [0.1, 0.15) is 6.10 Å². The summed E-state index contributed by atoms with van der Waals surface area (Å²) in [4.78, 5) is 23.2. The fraction of sp³-hybridized carbons (Fsp3) is 0.667. The Morgan fingerprint density at radius 3 is 2.94 bits per heavy atom. The van der Waals surface area contributed by atoms with E-state index in [1.54, 1.807) is 6.92 Å². The van der Waals surface area contributed by atoms with Crippen LogP contribution in [-0.2, 0) is 14.3 Å². The van der Waals surface area contributed by atoms with E-state index in [0.717, 1.165) is 12.8 Å². The van der Waals surface area contributed by atoms with Crippen LogP contribution in [-0.4, -0.2) is 22.4 Å². The van der Waals surface area contributed by atoms with Crippen molar-refractivity contribution in [2.75, 3.05) is 0 Å². The first-order chi connectivity index (χ1) is 7.58.